The van der Waals surface area contributed by atoms with Gasteiger partial charge in [0.25, 0.3) is 11.5 Å². The Kier molecular flexibility index (Phi) is 8.62. The first-order valence-electron chi connectivity index (χ1n) is 14.4. The normalized spacial score (nSPS) is 14.3. The fourth-order valence-electron chi connectivity index (χ4n) is 5.16. The van der Waals surface area contributed by atoms with Gasteiger partial charge in [0.2, 0.25) is 0 Å². The number of aromatic carboxylic acids is 1. The Hall–Kier alpha value is -5.74. The topological polar surface area (TPSA) is 119 Å². The van der Waals surface area contributed by atoms with Crippen LogP contribution in [0.5, 0.6) is 11.5 Å². The molecule has 4 aromatic carbocycles. The Bertz CT molecular complexity index is 2120. The Morgan fingerprint density at radius 2 is 1.61 bits per heavy atom. The Morgan fingerprint density at radius 1 is 0.935 bits per heavy atom. The smallest absolute Gasteiger partial charge is 0.335 e. The van der Waals surface area contributed by atoms with Gasteiger partial charge in [0.05, 0.1) is 34.5 Å². The summed E-state index contributed by atoms with van der Waals surface area (Å²) in [6, 6.07) is 29.6. The third-order valence-electron chi connectivity index (χ3n) is 7.51. The lowest BCUT2D eigenvalue weighted by atomic mass is 9.95. The molecule has 10 heteroatoms. The van der Waals surface area contributed by atoms with E-state index in [-0.39, 0.29) is 23.6 Å². The van der Waals surface area contributed by atoms with Crippen LogP contribution in [0.3, 0.4) is 0 Å². The maximum atomic E-state index is 14.0. The summed E-state index contributed by atoms with van der Waals surface area (Å²) in [5.41, 5.74) is 3.90. The van der Waals surface area contributed by atoms with Crippen molar-refractivity contribution >= 4 is 35.0 Å². The summed E-state index contributed by atoms with van der Waals surface area (Å²) < 4.78 is 13.3. The molecule has 0 unspecified atom stereocenters. The van der Waals surface area contributed by atoms with Crippen LogP contribution < -0.4 is 29.7 Å². The number of anilines is 1. The van der Waals surface area contributed by atoms with Crippen molar-refractivity contribution in [1.29, 1.82) is 0 Å². The highest BCUT2D eigenvalue weighted by Gasteiger charge is 2.32. The van der Waals surface area contributed by atoms with Gasteiger partial charge in [-0.3, -0.25) is 14.2 Å². The summed E-state index contributed by atoms with van der Waals surface area (Å²) in [6.07, 6.45) is 1.80. The number of para-hydroxylation sites is 1. The second-order valence-electron chi connectivity index (χ2n) is 10.5. The molecule has 0 spiro atoms. The van der Waals surface area contributed by atoms with Crippen molar-refractivity contribution in [3.05, 3.63) is 156 Å². The van der Waals surface area contributed by atoms with Crippen LogP contribution in [0.15, 0.2) is 124 Å². The van der Waals surface area contributed by atoms with E-state index < -0.39 is 12.0 Å². The Balaban J connectivity index is 1.31. The lowest BCUT2D eigenvalue weighted by molar-refractivity contribution is -0.113. The molecule has 1 amide bonds. The van der Waals surface area contributed by atoms with E-state index in [0.717, 1.165) is 16.7 Å². The van der Waals surface area contributed by atoms with E-state index in [1.54, 1.807) is 61.1 Å². The number of nitrogens with zero attached hydrogens (tertiary/aromatic N) is 2. The molecule has 9 nitrogen and oxygen atoms in total. The zero-order valence-corrected chi connectivity index (χ0v) is 25.8. The number of carboxylic acids is 1. The first-order chi connectivity index (χ1) is 22.3. The molecule has 1 aliphatic heterocycles. The number of aromatic nitrogens is 1. The van der Waals surface area contributed by atoms with Crippen molar-refractivity contribution in [2.75, 3.05) is 12.4 Å². The highest BCUT2D eigenvalue weighted by atomic mass is 32.1. The molecule has 1 aliphatic rings. The van der Waals surface area contributed by atoms with E-state index in [9.17, 15) is 14.4 Å². The lowest BCUT2D eigenvalue weighted by Crippen LogP contribution is -2.40. The number of hydrogen-bond donors (Lipinski definition) is 2. The molecule has 5 aromatic rings. The summed E-state index contributed by atoms with van der Waals surface area (Å²) >= 11 is 1.26. The van der Waals surface area contributed by atoms with E-state index in [1.165, 1.54) is 11.3 Å². The standard InChI is InChI=1S/C36H29N3O6S/c1-22-31(33(40)38-27-6-4-3-5-7-27)32(25-14-18-28(44-2)19-15-25)39-34(41)30(46-36(39)37-22)20-23-10-16-29(17-11-23)45-21-24-8-12-26(13-9-24)35(42)43/h3-20,32H,21H2,1-2H3,(H,38,40)(H,42,43)/b30-20+/t32-/m1/s1. The zero-order valence-electron chi connectivity index (χ0n) is 25.0. The average molecular weight is 632 g/mol. The van der Waals surface area contributed by atoms with Gasteiger partial charge in [-0.05, 0) is 78.2 Å². The predicted molar refractivity (Wildman–Crippen MR) is 176 cm³/mol. The van der Waals surface area contributed by atoms with Crippen molar-refractivity contribution in [2.24, 2.45) is 4.99 Å². The number of benzene rings is 4. The van der Waals surface area contributed by atoms with Crippen LogP contribution >= 0.6 is 11.3 Å². The van der Waals surface area contributed by atoms with Crippen LogP contribution in [0.1, 0.15) is 40.0 Å². The zero-order chi connectivity index (χ0) is 32.2. The molecule has 1 atom stereocenters. The molecular weight excluding hydrogens is 602 g/mol. The number of amides is 1. The molecule has 46 heavy (non-hydrogen) atoms. The van der Waals surface area contributed by atoms with Gasteiger partial charge < -0.3 is 19.9 Å². The number of thiazole rings is 1. The minimum atomic E-state index is -0.976. The highest BCUT2D eigenvalue weighted by molar-refractivity contribution is 7.07. The first-order valence-corrected chi connectivity index (χ1v) is 15.2. The summed E-state index contributed by atoms with van der Waals surface area (Å²) in [5.74, 6) is -0.0207. The maximum absolute atomic E-state index is 14.0. The molecule has 1 aromatic heterocycles. The lowest BCUT2D eigenvalue weighted by Gasteiger charge is -2.25. The largest absolute Gasteiger partial charge is 0.497 e. The molecule has 0 saturated carbocycles. The third-order valence-corrected chi connectivity index (χ3v) is 8.50. The SMILES string of the molecule is COc1ccc([C@@H]2C(C(=O)Nc3ccccc3)=C(C)N=c3s/c(=C/c4ccc(OCc5ccc(C(=O)O)cc5)cc4)c(=O)n32)cc1. The molecule has 0 radical (unpaired) electrons. The number of nitrogens with one attached hydrogen (secondary N) is 1. The Morgan fingerprint density at radius 3 is 2.26 bits per heavy atom. The van der Waals surface area contributed by atoms with Gasteiger partial charge in [-0.1, -0.05) is 65.9 Å². The van der Waals surface area contributed by atoms with E-state index in [2.05, 4.69) is 5.32 Å². The van der Waals surface area contributed by atoms with Crippen molar-refractivity contribution in [3.8, 4) is 11.5 Å². The summed E-state index contributed by atoms with van der Waals surface area (Å²) in [5, 5.41) is 12.0. The molecule has 2 N–H and O–H groups in total. The molecule has 0 aliphatic carbocycles. The van der Waals surface area contributed by atoms with Gasteiger partial charge in [-0.15, -0.1) is 0 Å². The summed E-state index contributed by atoms with van der Waals surface area (Å²) in [7, 11) is 1.58. The predicted octanol–water partition coefficient (Wildman–Crippen LogP) is 5.16. The quantitative estimate of drug-likeness (QED) is 0.232. The van der Waals surface area contributed by atoms with E-state index in [0.29, 0.717) is 37.8 Å². The second kappa shape index (κ2) is 13.1. The van der Waals surface area contributed by atoms with Crippen molar-refractivity contribution in [2.45, 2.75) is 19.6 Å². The number of allylic oxidation sites excluding steroid dienone is 1. The molecule has 2 heterocycles. The summed E-state index contributed by atoms with van der Waals surface area (Å²) in [4.78, 5) is 44.0. The fourth-order valence-corrected chi connectivity index (χ4v) is 6.20. The van der Waals surface area contributed by atoms with E-state index in [4.69, 9.17) is 19.6 Å². The molecular formula is C36H29N3O6S. The van der Waals surface area contributed by atoms with Gasteiger partial charge >= 0.3 is 5.97 Å². The van der Waals surface area contributed by atoms with Crippen LogP contribution in [0, 0.1) is 0 Å². The molecule has 0 fully saturated rings. The van der Waals surface area contributed by atoms with Gasteiger partial charge in [-0.25, -0.2) is 9.79 Å². The van der Waals surface area contributed by atoms with Gasteiger partial charge in [0, 0.05) is 5.69 Å². The minimum absolute atomic E-state index is 0.218. The number of fused-ring (bicyclic) bond motifs is 1. The average Bonchev–Trinajstić information content (AvgIpc) is 3.38. The number of ether oxygens (including phenoxy) is 2. The van der Waals surface area contributed by atoms with Crippen LogP contribution in [0.4, 0.5) is 5.69 Å². The van der Waals surface area contributed by atoms with Gasteiger partial charge in [-0.2, -0.15) is 0 Å². The van der Waals surface area contributed by atoms with E-state index >= 15 is 0 Å². The monoisotopic (exact) mass is 631 g/mol. The first kappa shape index (κ1) is 30.3. The number of rotatable bonds is 9. The molecule has 0 bridgehead atoms. The fraction of sp³-hybridized carbons (Fsp3) is 0.111. The molecule has 0 saturated heterocycles. The number of carbonyl (C=O) groups excluding carboxylic acids is 1. The third kappa shape index (κ3) is 6.38. The molecule has 230 valence electrons. The van der Waals surface area contributed by atoms with Crippen molar-refractivity contribution in [3.63, 3.8) is 0 Å². The van der Waals surface area contributed by atoms with Crippen LogP contribution in [-0.4, -0.2) is 28.7 Å². The Labute approximate surface area is 268 Å². The number of carboxylic acid groups (broad SMARTS) is 1. The van der Waals surface area contributed by atoms with E-state index in [1.807, 2.05) is 66.7 Å². The van der Waals surface area contributed by atoms with Crippen LogP contribution in [0.2, 0.25) is 0 Å². The highest BCUT2D eigenvalue weighted by Crippen LogP contribution is 2.31. The van der Waals surface area contributed by atoms with Crippen LogP contribution in [0.25, 0.3) is 6.08 Å². The maximum Gasteiger partial charge on any atom is 0.335 e. The summed E-state index contributed by atoms with van der Waals surface area (Å²) in [6.45, 7) is 2.06. The number of methoxy groups -OCH3 is 1. The van der Waals surface area contributed by atoms with Crippen LogP contribution in [-0.2, 0) is 11.4 Å². The second-order valence-corrected chi connectivity index (χ2v) is 11.5. The number of carbonyl (C=O) groups is 2. The molecule has 6 rings (SSSR count). The van der Waals surface area contributed by atoms with Gasteiger partial charge in [0.15, 0.2) is 4.80 Å². The van der Waals surface area contributed by atoms with Crippen molar-refractivity contribution < 1.29 is 24.2 Å². The van der Waals surface area contributed by atoms with Crippen molar-refractivity contribution in [1.82, 2.24) is 4.57 Å². The van der Waals surface area contributed by atoms with Gasteiger partial charge in [0.1, 0.15) is 18.1 Å². The number of hydrogen-bond acceptors (Lipinski definition) is 7. The minimum Gasteiger partial charge on any atom is -0.497 e.